The number of nitrogens with two attached hydrogens (primary N) is 1. The molecule has 194 valence electrons. The maximum atomic E-state index is 15.7. The highest BCUT2D eigenvalue weighted by atomic mass is 31.3. The van der Waals surface area contributed by atoms with E-state index in [-0.39, 0.29) is 17.0 Å². The number of aromatic nitrogens is 3. The summed E-state index contributed by atoms with van der Waals surface area (Å²) < 4.78 is 68.1. The molecule has 1 saturated heterocycles. The molecule has 1 fully saturated rings. The van der Waals surface area contributed by atoms with E-state index in [1.54, 1.807) is 5.92 Å². The SMILES string of the molecule is C#CC1(F)[C@@H](O)[C@@H]([C@@H](C)OP(=O)(O)OP(=O)(O)OP(=O)(O)O)O[C@H]1n1ccc2c(=O)[nH]c(N)nc21. The third-order valence-electron chi connectivity index (χ3n) is 4.64. The second kappa shape index (κ2) is 9.16. The lowest BCUT2D eigenvalue weighted by molar-refractivity contribution is -0.0752. The highest BCUT2D eigenvalue weighted by Crippen LogP contribution is 2.66. The first-order valence-electron chi connectivity index (χ1n) is 9.08. The molecule has 1 aliphatic heterocycles. The number of ether oxygens (including phenoxy) is 1. The van der Waals surface area contributed by atoms with Crippen molar-refractivity contribution in [3.05, 3.63) is 22.6 Å². The average molecular weight is 562 g/mol. The summed E-state index contributed by atoms with van der Waals surface area (Å²) in [6.45, 7) is 0.959. The molecule has 0 spiro atoms. The molecular formula is C14H18FN4O13P3. The molecule has 17 nitrogen and oxygen atoms in total. The van der Waals surface area contributed by atoms with E-state index in [0.29, 0.717) is 0 Å². The standard InChI is InChI=1S/C14H18FN4O13P3/c1-3-14(15)9(20)8(6(2)30-34(25,26)32-35(27,28)31-33(22,23)24)29-12(14)19-5-4-7-10(19)17-13(16)18-11(7)21/h1,4-6,8-9,12,20H,2H3,(H,25,26)(H,27,28)(H2,22,23,24)(H3,16,17,18,21)/t6-,8-,9+,12-,14?/m1/s1. The minimum atomic E-state index is -5.83. The third kappa shape index (κ3) is 5.73. The van der Waals surface area contributed by atoms with Crippen LogP contribution in [0.25, 0.3) is 11.0 Å². The minimum Gasteiger partial charge on any atom is -0.386 e. The van der Waals surface area contributed by atoms with Crippen LogP contribution < -0.4 is 11.3 Å². The van der Waals surface area contributed by atoms with E-state index in [9.17, 15) is 33.4 Å². The number of halogens is 1. The molecule has 1 aliphatic rings. The lowest BCUT2D eigenvalue weighted by Crippen LogP contribution is -2.44. The number of hydrogen-bond donors (Lipinski definition) is 7. The van der Waals surface area contributed by atoms with Gasteiger partial charge in [-0.15, -0.1) is 6.42 Å². The van der Waals surface area contributed by atoms with Crippen LogP contribution in [0.2, 0.25) is 0 Å². The topological polar surface area (TPSA) is 266 Å². The fourth-order valence-electron chi connectivity index (χ4n) is 3.32. The number of nitrogen functional groups attached to an aromatic ring is 1. The van der Waals surface area contributed by atoms with Gasteiger partial charge in [0, 0.05) is 6.20 Å². The first-order valence-corrected chi connectivity index (χ1v) is 13.6. The molecule has 0 aliphatic carbocycles. The normalized spacial score (nSPS) is 29.4. The first kappa shape index (κ1) is 27.6. The predicted octanol–water partition coefficient (Wildman–Crippen LogP) is -0.362. The van der Waals surface area contributed by atoms with Crippen LogP contribution in [0.5, 0.6) is 0 Å². The quantitative estimate of drug-likeness (QED) is 0.160. The molecule has 3 rings (SSSR count). The van der Waals surface area contributed by atoms with Gasteiger partial charge in [-0.3, -0.25) is 14.3 Å². The molecule has 3 heterocycles. The van der Waals surface area contributed by atoms with Gasteiger partial charge in [0.2, 0.25) is 11.6 Å². The zero-order valence-corrected chi connectivity index (χ0v) is 19.9. The van der Waals surface area contributed by atoms with Crippen LogP contribution in [0.3, 0.4) is 0 Å². The van der Waals surface area contributed by atoms with Gasteiger partial charge >= 0.3 is 23.5 Å². The Hall–Kier alpha value is -1.96. The number of anilines is 1. The Morgan fingerprint density at radius 3 is 2.51 bits per heavy atom. The highest BCUT2D eigenvalue weighted by molar-refractivity contribution is 7.66. The minimum absolute atomic E-state index is 0.0403. The second-order valence-electron chi connectivity index (χ2n) is 7.12. The van der Waals surface area contributed by atoms with E-state index in [0.717, 1.165) is 17.7 Å². The number of nitrogens with one attached hydrogen (secondary N) is 1. The number of aliphatic hydroxyl groups excluding tert-OH is 1. The third-order valence-corrected chi connectivity index (χ3v) is 8.57. The van der Waals surface area contributed by atoms with Crippen molar-refractivity contribution in [1.82, 2.24) is 14.5 Å². The van der Waals surface area contributed by atoms with Crippen molar-refractivity contribution in [1.29, 1.82) is 0 Å². The second-order valence-corrected chi connectivity index (χ2v) is 11.5. The van der Waals surface area contributed by atoms with Gasteiger partial charge in [-0.1, -0.05) is 5.92 Å². The number of phosphoric acid groups is 3. The van der Waals surface area contributed by atoms with Crippen molar-refractivity contribution in [2.45, 2.75) is 37.1 Å². The molecule has 0 radical (unpaired) electrons. The Balaban J connectivity index is 1.89. The number of aliphatic hydroxyl groups is 1. The molecule has 2 aromatic heterocycles. The van der Waals surface area contributed by atoms with Crippen LogP contribution >= 0.6 is 23.5 Å². The lowest BCUT2D eigenvalue weighted by atomic mass is 9.95. The number of H-pyrrole nitrogens is 1. The fourth-order valence-corrected chi connectivity index (χ4v) is 6.52. The average Bonchev–Trinajstić information content (AvgIpc) is 3.18. The summed E-state index contributed by atoms with van der Waals surface area (Å²) in [7, 11) is -17.1. The van der Waals surface area contributed by atoms with Gasteiger partial charge in [0.15, 0.2) is 11.9 Å². The Bertz CT molecular complexity index is 1380. The molecule has 0 saturated carbocycles. The summed E-state index contributed by atoms with van der Waals surface area (Å²) in [5.41, 5.74) is 1.64. The summed E-state index contributed by atoms with van der Waals surface area (Å²) in [6, 6.07) is 1.23. The molecule has 3 unspecified atom stereocenters. The van der Waals surface area contributed by atoms with Crippen LogP contribution in [0.4, 0.5) is 10.3 Å². The van der Waals surface area contributed by atoms with Crippen molar-refractivity contribution in [3.63, 3.8) is 0 Å². The van der Waals surface area contributed by atoms with Gasteiger partial charge in [-0.05, 0) is 13.0 Å². The zero-order valence-electron chi connectivity index (χ0n) is 17.2. The number of alkyl halides is 1. The molecule has 8 N–H and O–H groups in total. The molecule has 35 heavy (non-hydrogen) atoms. The molecule has 21 heteroatoms. The van der Waals surface area contributed by atoms with Gasteiger partial charge in [-0.2, -0.15) is 13.6 Å². The molecule has 0 aromatic carbocycles. The summed E-state index contributed by atoms with van der Waals surface area (Å²) in [6.07, 6.45) is -1.31. The largest absolute Gasteiger partial charge is 0.490 e. The smallest absolute Gasteiger partial charge is 0.386 e. The molecule has 2 aromatic rings. The van der Waals surface area contributed by atoms with Crippen LogP contribution in [-0.4, -0.2) is 63.2 Å². The number of hydrogen-bond acceptors (Lipinski definition) is 11. The van der Waals surface area contributed by atoms with Crippen LogP contribution in [0.1, 0.15) is 13.2 Å². The van der Waals surface area contributed by atoms with E-state index in [4.69, 9.17) is 26.7 Å². The maximum Gasteiger partial charge on any atom is 0.490 e. The van der Waals surface area contributed by atoms with Gasteiger partial charge in [-0.25, -0.2) is 18.1 Å². The highest BCUT2D eigenvalue weighted by Gasteiger charge is 2.60. The van der Waals surface area contributed by atoms with Crippen molar-refractivity contribution in [2.75, 3.05) is 5.73 Å². The van der Waals surface area contributed by atoms with Crippen molar-refractivity contribution < 1.29 is 60.6 Å². The number of aromatic amines is 1. The molecule has 7 atom stereocenters. The monoisotopic (exact) mass is 562 g/mol. The fraction of sp³-hybridized carbons (Fsp3) is 0.429. The Morgan fingerprint density at radius 1 is 1.31 bits per heavy atom. The number of phosphoric ester groups is 1. The summed E-state index contributed by atoms with van der Waals surface area (Å²) in [4.78, 5) is 54.2. The predicted molar refractivity (Wildman–Crippen MR) is 112 cm³/mol. The van der Waals surface area contributed by atoms with Gasteiger partial charge in [0.05, 0.1) is 11.5 Å². The van der Waals surface area contributed by atoms with Crippen molar-refractivity contribution >= 4 is 40.4 Å². The maximum absolute atomic E-state index is 15.7. The van der Waals surface area contributed by atoms with Gasteiger partial charge in [0.1, 0.15) is 12.2 Å². The Kier molecular flexibility index (Phi) is 7.23. The number of terminal acetylenes is 1. The zero-order chi connectivity index (χ0) is 26.6. The number of rotatable bonds is 8. The summed E-state index contributed by atoms with van der Waals surface area (Å²) >= 11 is 0. The van der Waals surface area contributed by atoms with E-state index in [1.807, 2.05) is 0 Å². The Morgan fingerprint density at radius 2 is 1.94 bits per heavy atom. The lowest BCUT2D eigenvalue weighted by Gasteiger charge is -2.25. The molecule has 0 bridgehead atoms. The van der Waals surface area contributed by atoms with E-state index >= 15 is 4.39 Å². The van der Waals surface area contributed by atoms with Crippen molar-refractivity contribution in [2.24, 2.45) is 0 Å². The van der Waals surface area contributed by atoms with E-state index in [1.165, 1.54) is 6.07 Å². The van der Waals surface area contributed by atoms with Crippen molar-refractivity contribution in [3.8, 4) is 12.3 Å². The van der Waals surface area contributed by atoms with E-state index in [2.05, 4.69) is 23.1 Å². The van der Waals surface area contributed by atoms with Crippen LogP contribution in [0.15, 0.2) is 17.1 Å². The summed E-state index contributed by atoms with van der Waals surface area (Å²) in [5.74, 6) is 1.39. The molecular weight excluding hydrogens is 544 g/mol. The first-order chi connectivity index (χ1) is 15.9. The van der Waals surface area contributed by atoms with Crippen LogP contribution in [0, 0.1) is 12.3 Å². The van der Waals surface area contributed by atoms with E-state index < -0.39 is 59.2 Å². The van der Waals surface area contributed by atoms with Crippen LogP contribution in [-0.2, 0) is 31.6 Å². The Labute approximate surface area is 194 Å². The number of fused-ring (bicyclic) bond motifs is 1. The molecule has 0 amide bonds. The van der Waals surface area contributed by atoms with Gasteiger partial charge in [0.25, 0.3) is 5.56 Å². The van der Waals surface area contributed by atoms with Gasteiger partial charge < -0.3 is 39.7 Å². The number of nitrogens with zero attached hydrogens (tertiary/aromatic N) is 2. The summed E-state index contributed by atoms with van der Waals surface area (Å²) in [5, 5.41) is 10.5.